The minimum Gasteiger partial charge on any atom is -0.493 e. The highest BCUT2D eigenvalue weighted by molar-refractivity contribution is 5.76. The van der Waals surface area contributed by atoms with Crippen LogP contribution in [0.2, 0.25) is 0 Å². The van der Waals surface area contributed by atoms with Gasteiger partial charge in [-0.2, -0.15) is 0 Å². The van der Waals surface area contributed by atoms with E-state index in [4.69, 9.17) is 4.74 Å². The maximum atomic E-state index is 12.7. The van der Waals surface area contributed by atoms with Gasteiger partial charge in [-0.3, -0.25) is 18.7 Å². The van der Waals surface area contributed by atoms with E-state index in [0.29, 0.717) is 19.6 Å². The summed E-state index contributed by atoms with van der Waals surface area (Å²) in [5.41, 5.74) is 0.822. The Morgan fingerprint density at radius 3 is 2.62 bits per heavy atom. The Bertz CT molecular complexity index is 1130. The van der Waals surface area contributed by atoms with Crippen molar-refractivity contribution in [1.29, 1.82) is 0 Å². The molecule has 3 aromatic rings. The molecule has 1 aliphatic rings. The third-order valence-corrected chi connectivity index (χ3v) is 4.93. The summed E-state index contributed by atoms with van der Waals surface area (Å²) < 4.78 is 7.99. The van der Waals surface area contributed by atoms with Crippen LogP contribution in [0.5, 0.6) is 5.75 Å². The summed E-state index contributed by atoms with van der Waals surface area (Å²) in [4.78, 5) is 37.6. The zero-order chi connectivity index (χ0) is 20.2. The van der Waals surface area contributed by atoms with Crippen LogP contribution in [0.3, 0.4) is 0 Å². The van der Waals surface area contributed by atoms with Crippen molar-refractivity contribution < 1.29 is 9.53 Å². The lowest BCUT2D eigenvalue weighted by Gasteiger charge is -2.26. The Morgan fingerprint density at radius 1 is 1.03 bits per heavy atom. The molecule has 0 saturated heterocycles. The van der Waals surface area contributed by atoms with E-state index in [1.165, 1.54) is 16.8 Å². The standard InChI is InChI=1S/C22H21N3O4/c26-20(23-18-11-13-29-19-9-5-4-8-17(18)19)15-25-21(27)10-12-24(22(25)28)14-16-6-2-1-3-7-16/h1-10,12,18H,11,13-15H2,(H,23,26)/t18-/m0/s1. The van der Waals surface area contributed by atoms with Crippen LogP contribution < -0.4 is 21.3 Å². The van der Waals surface area contributed by atoms with Gasteiger partial charge in [-0.25, -0.2) is 4.79 Å². The molecule has 2 aromatic carbocycles. The third-order valence-electron chi connectivity index (χ3n) is 4.93. The molecule has 148 valence electrons. The molecule has 1 atom stereocenters. The summed E-state index contributed by atoms with van der Waals surface area (Å²) in [7, 11) is 0. The number of hydrogen-bond donors (Lipinski definition) is 1. The predicted octanol–water partition coefficient (Wildman–Crippen LogP) is 1.70. The molecule has 4 rings (SSSR count). The van der Waals surface area contributed by atoms with Gasteiger partial charge >= 0.3 is 5.69 Å². The molecule has 7 heteroatoms. The van der Waals surface area contributed by atoms with Gasteiger partial charge in [-0.1, -0.05) is 48.5 Å². The molecule has 0 unspecified atom stereocenters. The van der Waals surface area contributed by atoms with Crippen LogP contribution in [0.15, 0.2) is 76.4 Å². The van der Waals surface area contributed by atoms with Crippen molar-refractivity contribution in [2.75, 3.05) is 6.61 Å². The highest BCUT2D eigenvalue weighted by atomic mass is 16.5. The molecule has 1 amide bonds. The van der Waals surface area contributed by atoms with E-state index in [1.54, 1.807) is 0 Å². The van der Waals surface area contributed by atoms with Gasteiger partial charge in [-0.05, 0) is 11.6 Å². The molecule has 2 heterocycles. The zero-order valence-corrected chi connectivity index (χ0v) is 15.8. The number of benzene rings is 2. The molecule has 0 saturated carbocycles. The van der Waals surface area contributed by atoms with Gasteiger partial charge in [-0.15, -0.1) is 0 Å². The van der Waals surface area contributed by atoms with Crippen LogP contribution in [-0.2, 0) is 17.9 Å². The number of amides is 1. The Labute approximate surface area is 167 Å². The number of nitrogens with zero attached hydrogens (tertiary/aromatic N) is 2. The SMILES string of the molecule is O=C(Cn1c(=O)ccn(Cc2ccccc2)c1=O)N[C@H]1CCOc2ccccc21. The van der Waals surface area contributed by atoms with Crippen molar-refractivity contribution in [3.05, 3.63) is 98.8 Å². The van der Waals surface area contributed by atoms with E-state index >= 15 is 0 Å². The highest BCUT2D eigenvalue weighted by Gasteiger charge is 2.23. The fraction of sp³-hybridized carbons (Fsp3) is 0.227. The molecule has 29 heavy (non-hydrogen) atoms. The second-order valence-corrected chi connectivity index (χ2v) is 6.93. The van der Waals surface area contributed by atoms with Crippen molar-refractivity contribution in [2.24, 2.45) is 0 Å². The molecule has 1 N–H and O–H groups in total. The van der Waals surface area contributed by atoms with Gasteiger partial charge in [0.2, 0.25) is 5.91 Å². The minimum atomic E-state index is -0.510. The molecular weight excluding hydrogens is 370 g/mol. The second kappa shape index (κ2) is 8.18. The third kappa shape index (κ3) is 4.13. The number of para-hydroxylation sites is 1. The number of fused-ring (bicyclic) bond motifs is 1. The number of carbonyl (C=O) groups is 1. The van der Waals surface area contributed by atoms with Crippen LogP contribution in [0, 0.1) is 0 Å². The Kier molecular flexibility index (Phi) is 5.29. The average molecular weight is 391 g/mol. The van der Waals surface area contributed by atoms with E-state index in [9.17, 15) is 14.4 Å². The summed E-state index contributed by atoms with van der Waals surface area (Å²) in [6.45, 7) is 0.499. The van der Waals surface area contributed by atoms with Crippen molar-refractivity contribution in [3.8, 4) is 5.75 Å². The summed E-state index contributed by atoms with van der Waals surface area (Å²) in [6.07, 6.45) is 2.09. The highest BCUT2D eigenvalue weighted by Crippen LogP contribution is 2.31. The van der Waals surface area contributed by atoms with Crippen molar-refractivity contribution in [3.63, 3.8) is 0 Å². The molecule has 0 fully saturated rings. The normalized spacial score (nSPS) is 15.2. The number of aromatic nitrogens is 2. The van der Waals surface area contributed by atoms with Gasteiger partial charge in [0, 0.05) is 24.2 Å². The molecule has 0 bridgehead atoms. The number of carbonyl (C=O) groups excluding carboxylic acids is 1. The van der Waals surface area contributed by atoms with Gasteiger partial charge in [0.15, 0.2) is 0 Å². The molecule has 0 aliphatic carbocycles. The molecular formula is C22H21N3O4. The van der Waals surface area contributed by atoms with Crippen molar-refractivity contribution in [2.45, 2.75) is 25.6 Å². The van der Waals surface area contributed by atoms with E-state index in [0.717, 1.165) is 21.4 Å². The van der Waals surface area contributed by atoms with Crippen LogP contribution in [0.25, 0.3) is 0 Å². The van der Waals surface area contributed by atoms with E-state index < -0.39 is 11.2 Å². The molecule has 7 nitrogen and oxygen atoms in total. The van der Waals surface area contributed by atoms with Gasteiger partial charge in [0.05, 0.1) is 19.2 Å². The first-order valence-electron chi connectivity index (χ1n) is 9.47. The first kappa shape index (κ1) is 18.7. The lowest BCUT2D eigenvalue weighted by Crippen LogP contribution is -2.44. The smallest absolute Gasteiger partial charge is 0.331 e. The zero-order valence-electron chi connectivity index (χ0n) is 15.8. The van der Waals surface area contributed by atoms with E-state index in [2.05, 4.69) is 5.32 Å². The summed E-state index contributed by atoms with van der Waals surface area (Å²) in [5.74, 6) is 0.356. The van der Waals surface area contributed by atoms with Crippen LogP contribution in [-0.4, -0.2) is 21.6 Å². The predicted molar refractivity (Wildman–Crippen MR) is 108 cm³/mol. The first-order chi connectivity index (χ1) is 14.1. The fourth-order valence-electron chi connectivity index (χ4n) is 3.48. The van der Waals surface area contributed by atoms with Gasteiger partial charge in [0.1, 0.15) is 12.3 Å². The van der Waals surface area contributed by atoms with E-state index in [1.807, 2.05) is 54.6 Å². The van der Waals surface area contributed by atoms with Crippen molar-refractivity contribution >= 4 is 5.91 Å². The van der Waals surface area contributed by atoms with Gasteiger partial charge < -0.3 is 10.1 Å². The Balaban J connectivity index is 1.52. The monoisotopic (exact) mass is 391 g/mol. The number of nitrogens with one attached hydrogen (secondary N) is 1. The lowest BCUT2D eigenvalue weighted by atomic mass is 10.0. The average Bonchev–Trinajstić information content (AvgIpc) is 2.74. The Morgan fingerprint density at radius 2 is 1.79 bits per heavy atom. The van der Waals surface area contributed by atoms with E-state index in [-0.39, 0.29) is 18.5 Å². The molecule has 1 aliphatic heterocycles. The summed E-state index contributed by atoms with van der Waals surface area (Å²) in [6, 6.07) is 18.1. The fourth-order valence-corrected chi connectivity index (χ4v) is 3.48. The summed E-state index contributed by atoms with van der Waals surface area (Å²) in [5, 5.41) is 2.92. The quantitative estimate of drug-likeness (QED) is 0.718. The molecule has 0 radical (unpaired) electrons. The van der Waals surface area contributed by atoms with Crippen LogP contribution >= 0.6 is 0 Å². The topological polar surface area (TPSA) is 82.3 Å². The Hall–Kier alpha value is -3.61. The largest absolute Gasteiger partial charge is 0.493 e. The maximum absolute atomic E-state index is 12.7. The first-order valence-corrected chi connectivity index (χ1v) is 9.47. The number of rotatable bonds is 5. The minimum absolute atomic E-state index is 0.210. The molecule has 0 spiro atoms. The van der Waals surface area contributed by atoms with Crippen LogP contribution in [0.1, 0.15) is 23.6 Å². The maximum Gasteiger partial charge on any atom is 0.331 e. The molecule has 1 aromatic heterocycles. The number of ether oxygens (including phenoxy) is 1. The van der Waals surface area contributed by atoms with Crippen molar-refractivity contribution in [1.82, 2.24) is 14.5 Å². The summed E-state index contributed by atoms with van der Waals surface area (Å²) >= 11 is 0. The number of hydrogen-bond acceptors (Lipinski definition) is 4. The second-order valence-electron chi connectivity index (χ2n) is 6.93. The lowest BCUT2D eigenvalue weighted by molar-refractivity contribution is -0.122. The van der Waals surface area contributed by atoms with Crippen LogP contribution in [0.4, 0.5) is 0 Å². The van der Waals surface area contributed by atoms with Gasteiger partial charge in [0.25, 0.3) is 5.56 Å².